The Morgan fingerprint density at radius 1 is 1.32 bits per heavy atom. The summed E-state index contributed by atoms with van der Waals surface area (Å²) in [5.41, 5.74) is 0. The van der Waals surface area contributed by atoms with Crippen molar-refractivity contribution in [2.75, 3.05) is 6.54 Å². The van der Waals surface area contributed by atoms with Gasteiger partial charge >= 0.3 is 0 Å². The molecule has 1 aromatic heterocycles. The van der Waals surface area contributed by atoms with Gasteiger partial charge < -0.3 is 9.88 Å². The van der Waals surface area contributed by atoms with Crippen molar-refractivity contribution in [1.29, 1.82) is 0 Å². The fourth-order valence-corrected chi connectivity index (χ4v) is 3.40. The molecule has 0 spiro atoms. The molecule has 1 aromatic rings. The number of imidazole rings is 1. The largest absolute Gasteiger partial charge is 0.338 e. The highest BCUT2D eigenvalue weighted by atomic mass is 15.0. The summed E-state index contributed by atoms with van der Waals surface area (Å²) < 4.78 is 2.15. The molecule has 1 saturated carbocycles. The maximum atomic E-state index is 4.45. The number of hydrogen-bond acceptors (Lipinski definition) is 2. The summed E-state index contributed by atoms with van der Waals surface area (Å²) in [6.07, 6.45) is 14.8. The van der Waals surface area contributed by atoms with Crippen LogP contribution in [0.15, 0.2) is 12.4 Å². The topological polar surface area (TPSA) is 29.9 Å². The lowest BCUT2D eigenvalue weighted by molar-refractivity contribution is 0.307. The molecule has 0 saturated heterocycles. The molecule has 2 rings (SSSR count). The molecule has 3 nitrogen and oxygen atoms in total. The Kier molecular flexibility index (Phi) is 5.90. The molecule has 0 bridgehead atoms. The van der Waals surface area contributed by atoms with Crippen LogP contribution >= 0.6 is 0 Å². The van der Waals surface area contributed by atoms with E-state index in [0.29, 0.717) is 6.04 Å². The van der Waals surface area contributed by atoms with Crippen LogP contribution in [0.2, 0.25) is 0 Å². The second kappa shape index (κ2) is 7.68. The molecular weight excluding hydrogens is 234 g/mol. The quantitative estimate of drug-likeness (QED) is 0.798. The van der Waals surface area contributed by atoms with E-state index in [1.165, 1.54) is 50.8 Å². The number of aromatic nitrogens is 2. The van der Waals surface area contributed by atoms with E-state index >= 15 is 0 Å². The van der Waals surface area contributed by atoms with Crippen LogP contribution in [0.5, 0.6) is 0 Å². The summed E-state index contributed by atoms with van der Waals surface area (Å²) in [5, 5.41) is 3.72. The summed E-state index contributed by atoms with van der Waals surface area (Å²) in [6, 6.07) is 0.680. The predicted octanol–water partition coefficient (Wildman–Crippen LogP) is 3.30. The van der Waals surface area contributed by atoms with Gasteiger partial charge in [0.05, 0.1) is 0 Å². The van der Waals surface area contributed by atoms with E-state index in [2.05, 4.69) is 28.8 Å². The Labute approximate surface area is 117 Å². The first-order valence-corrected chi connectivity index (χ1v) is 8.01. The van der Waals surface area contributed by atoms with E-state index in [9.17, 15) is 0 Å². The Hall–Kier alpha value is -0.830. The second-order valence-electron chi connectivity index (χ2n) is 5.91. The maximum Gasteiger partial charge on any atom is 0.108 e. The molecule has 1 fully saturated rings. The molecule has 19 heavy (non-hydrogen) atoms. The normalized spacial score (nSPS) is 19.3. The van der Waals surface area contributed by atoms with E-state index in [-0.39, 0.29) is 0 Å². The standard InChI is InChI=1S/C16H29N3/c1-3-17-15(14-8-6-4-5-7-9-14)10-11-16-18-12-13-19(16)2/h12-15,17H,3-11H2,1-2H3. The van der Waals surface area contributed by atoms with Crippen LogP contribution in [0.1, 0.15) is 57.7 Å². The highest BCUT2D eigenvalue weighted by Gasteiger charge is 2.22. The molecule has 0 radical (unpaired) electrons. The van der Waals surface area contributed by atoms with Gasteiger partial charge in [-0.2, -0.15) is 0 Å². The first kappa shape index (κ1) is 14.6. The fourth-order valence-electron chi connectivity index (χ4n) is 3.40. The van der Waals surface area contributed by atoms with Gasteiger partial charge in [-0.1, -0.05) is 32.6 Å². The van der Waals surface area contributed by atoms with Crippen LogP contribution in [0.3, 0.4) is 0 Å². The van der Waals surface area contributed by atoms with E-state index in [4.69, 9.17) is 0 Å². The lowest BCUT2D eigenvalue weighted by Gasteiger charge is -2.27. The average molecular weight is 263 g/mol. The van der Waals surface area contributed by atoms with Crippen LogP contribution in [-0.2, 0) is 13.5 Å². The van der Waals surface area contributed by atoms with Crippen molar-refractivity contribution < 1.29 is 0 Å². The Bertz CT molecular complexity index is 351. The lowest BCUT2D eigenvalue weighted by atomic mass is 9.89. The van der Waals surface area contributed by atoms with Crippen molar-refractivity contribution in [1.82, 2.24) is 14.9 Å². The van der Waals surface area contributed by atoms with Crippen molar-refractivity contribution in [2.24, 2.45) is 13.0 Å². The van der Waals surface area contributed by atoms with Crippen LogP contribution in [0.25, 0.3) is 0 Å². The molecule has 1 aliphatic rings. The smallest absolute Gasteiger partial charge is 0.108 e. The van der Waals surface area contributed by atoms with Gasteiger partial charge in [0, 0.05) is 31.9 Å². The first-order chi connectivity index (χ1) is 9.31. The van der Waals surface area contributed by atoms with Crippen molar-refractivity contribution in [3.05, 3.63) is 18.2 Å². The third-order valence-electron chi connectivity index (χ3n) is 4.54. The number of nitrogens with zero attached hydrogens (tertiary/aromatic N) is 2. The lowest BCUT2D eigenvalue weighted by Crippen LogP contribution is -2.36. The van der Waals surface area contributed by atoms with Crippen LogP contribution < -0.4 is 5.32 Å². The Morgan fingerprint density at radius 3 is 2.63 bits per heavy atom. The highest BCUT2D eigenvalue weighted by Crippen LogP contribution is 2.27. The molecule has 1 N–H and O–H groups in total. The van der Waals surface area contributed by atoms with Gasteiger partial charge in [-0.15, -0.1) is 0 Å². The molecule has 1 aliphatic carbocycles. The highest BCUT2D eigenvalue weighted by molar-refractivity contribution is 4.93. The van der Waals surface area contributed by atoms with Gasteiger partial charge in [0.25, 0.3) is 0 Å². The van der Waals surface area contributed by atoms with Gasteiger partial charge in [0.15, 0.2) is 0 Å². The third kappa shape index (κ3) is 4.34. The minimum absolute atomic E-state index is 0.680. The van der Waals surface area contributed by atoms with Crippen LogP contribution in [0.4, 0.5) is 0 Å². The summed E-state index contributed by atoms with van der Waals surface area (Å²) in [7, 11) is 2.09. The summed E-state index contributed by atoms with van der Waals surface area (Å²) in [6.45, 7) is 3.31. The van der Waals surface area contributed by atoms with Crippen molar-refractivity contribution in [3.8, 4) is 0 Å². The zero-order chi connectivity index (χ0) is 13.5. The minimum atomic E-state index is 0.680. The third-order valence-corrected chi connectivity index (χ3v) is 4.54. The van der Waals surface area contributed by atoms with Crippen molar-refractivity contribution in [3.63, 3.8) is 0 Å². The average Bonchev–Trinajstić information content (AvgIpc) is 2.67. The molecule has 0 aromatic carbocycles. The number of rotatable bonds is 6. The molecule has 1 atom stereocenters. The Morgan fingerprint density at radius 2 is 2.05 bits per heavy atom. The SMILES string of the molecule is CCNC(CCc1nccn1C)C1CCCCCC1. The number of hydrogen-bond donors (Lipinski definition) is 1. The van der Waals surface area contributed by atoms with E-state index in [1.807, 2.05) is 12.4 Å². The zero-order valence-corrected chi connectivity index (χ0v) is 12.6. The molecule has 1 unspecified atom stereocenters. The maximum absolute atomic E-state index is 4.45. The second-order valence-corrected chi connectivity index (χ2v) is 5.91. The monoisotopic (exact) mass is 263 g/mol. The van der Waals surface area contributed by atoms with E-state index in [1.54, 1.807) is 0 Å². The van der Waals surface area contributed by atoms with Gasteiger partial charge in [-0.3, -0.25) is 0 Å². The molecule has 0 aliphatic heterocycles. The first-order valence-electron chi connectivity index (χ1n) is 8.01. The van der Waals surface area contributed by atoms with Gasteiger partial charge in [0.2, 0.25) is 0 Å². The molecule has 0 amide bonds. The molecular formula is C16H29N3. The van der Waals surface area contributed by atoms with E-state index in [0.717, 1.165) is 18.9 Å². The van der Waals surface area contributed by atoms with Crippen molar-refractivity contribution >= 4 is 0 Å². The van der Waals surface area contributed by atoms with Gasteiger partial charge in [0.1, 0.15) is 5.82 Å². The molecule has 108 valence electrons. The van der Waals surface area contributed by atoms with Crippen LogP contribution in [-0.4, -0.2) is 22.1 Å². The predicted molar refractivity (Wildman–Crippen MR) is 80.2 cm³/mol. The van der Waals surface area contributed by atoms with E-state index < -0.39 is 0 Å². The van der Waals surface area contributed by atoms with Crippen molar-refractivity contribution in [2.45, 2.75) is 64.3 Å². The zero-order valence-electron chi connectivity index (χ0n) is 12.6. The van der Waals surface area contributed by atoms with Crippen LogP contribution in [0, 0.1) is 5.92 Å². The fraction of sp³-hybridized carbons (Fsp3) is 0.812. The summed E-state index contributed by atoms with van der Waals surface area (Å²) in [4.78, 5) is 4.45. The molecule has 1 heterocycles. The summed E-state index contributed by atoms with van der Waals surface area (Å²) >= 11 is 0. The minimum Gasteiger partial charge on any atom is -0.338 e. The van der Waals surface area contributed by atoms with Gasteiger partial charge in [-0.25, -0.2) is 4.98 Å². The van der Waals surface area contributed by atoms with Gasteiger partial charge in [-0.05, 0) is 31.7 Å². The number of aryl methyl sites for hydroxylation is 2. The summed E-state index contributed by atoms with van der Waals surface area (Å²) in [5.74, 6) is 2.10. The number of nitrogens with one attached hydrogen (secondary N) is 1. The molecule has 3 heteroatoms. The Balaban J connectivity index is 1.89.